The maximum absolute atomic E-state index is 13.8. The third-order valence-electron chi connectivity index (χ3n) is 2.93. The van der Waals surface area contributed by atoms with Crippen LogP contribution < -0.4 is 0 Å². The van der Waals surface area contributed by atoms with Gasteiger partial charge in [0.15, 0.2) is 5.78 Å². The van der Waals surface area contributed by atoms with Crippen molar-refractivity contribution in [1.29, 1.82) is 0 Å². The lowest BCUT2D eigenvalue weighted by atomic mass is 10.0. The second-order valence-electron chi connectivity index (χ2n) is 4.19. The Labute approximate surface area is 112 Å². The molecule has 1 aliphatic carbocycles. The van der Waals surface area contributed by atoms with Crippen LogP contribution in [0.5, 0.6) is 0 Å². The van der Waals surface area contributed by atoms with Gasteiger partial charge in [0.1, 0.15) is 16.5 Å². The number of rotatable bonds is 1. The van der Waals surface area contributed by atoms with Crippen molar-refractivity contribution in [3.8, 4) is 10.6 Å². The van der Waals surface area contributed by atoms with Crippen molar-refractivity contribution in [3.63, 3.8) is 0 Å². The monoisotopic (exact) mass is 281 g/mol. The fourth-order valence-electron chi connectivity index (χ4n) is 2.05. The van der Waals surface area contributed by atoms with Crippen molar-refractivity contribution in [2.75, 3.05) is 0 Å². The molecule has 1 heterocycles. The minimum absolute atomic E-state index is 0.0631. The molecule has 0 N–H and O–H groups in total. The van der Waals surface area contributed by atoms with Crippen LogP contribution in [0.25, 0.3) is 10.6 Å². The summed E-state index contributed by atoms with van der Waals surface area (Å²) in [4.78, 5) is 16.9. The minimum Gasteiger partial charge on any atom is -0.292 e. The number of carbonyl (C=O) groups excluding carboxylic acids is 1. The smallest absolute Gasteiger partial charge is 0.182 e. The highest BCUT2D eigenvalue weighted by Gasteiger charge is 2.23. The van der Waals surface area contributed by atoms with Crippen LogP contribution >= 0.6 is 22.9 Å². The summed E-state index contributed by atoms with van der Waals surface area (Å²) in [6.07, 6.45) is 2.25. The first-order valence-corrected chi connectivity index (χ1v) is 6.83. The molecule has 0 radical (unpaired) electrons. The summed E-state index contributed by atoms with van der Waals surface area (Å²) in [7, 11) is 0. The molecule has 1 aromatic heterocycles. The zero-order valence-electron chi connectivity index (χ0n) is 9.37. The molecule has 0 unspecified atom stereocenters. The van der Waals surface area contributed by atoms with Gasteiger partial charge in [-0.15, -0.1) is 11.3 Å². The summed E-state index contributed by atoms with van der Waals surface area (Å²) in [6.45, 7) is 0. The molecule has 1 aromatic carbocycles. The van der Waals surface area contributed by atoms with Crippen molar-refractivity contribution in [2.24, 2.45) is 0 Å². The Kier molecular flexibility index (Phi) is 2.92. The first kappa shape index (κ1) is 11.8. The van der Waals surface area contributed by atoms with Crippen molar-refractivity contribution in [3.05, 3.63) is 39.6 Å². The molecule has 18 heavy (non-hydrogen) atoms. The number of thiazole rings is 1. The van der Waals surface area contributed by atoms with Crippen LogP contribution in [0.15, 0.2) is 18.2 Å². The third kappa shape index (κ3) is 1.95. The van der Waals surface area contributed by atoms with Crippen molar-refractivity contribution < 1.29 is 9.18 Å². The zero-order valence-corrected chi connectivity index (χ0v) is 10.9. The SMILES string of the molecule is O=C1CCCc2sc(-c3ccc(Cl)cc3F)nc21. The van der Waals surface area contributed by atoms with Crippen molar-refractivity contribution in [1.82, 2.24) is 4.98 Å². The Hall–Kier alpha value is -1.26. The van der Waals surface area contributed by atoms with E-state index in [4.69, 9.17) is 11.6 Å². The number of aryl methyl sites for hydroxylation is 1. The van der Waals surface area contributed by atoms with Gasteiger partial charge in [0.05, 0.1) is 0 Å². The molecule has 0 amide bonds. The summed E-state index contributed by atoms with van der Waals surface area (Å²) in [5.41, 5.74) is 0.933. The van der Waals surface area contributed by atoms with Gasteiger partial charge < -0.3 is 0 Å². The normalized spacial score (nSPS) is 14.7. The van der Waals surface area contributed by atoms with E-state index in [1.165, 1.54) is 17.4 Å². The average Bonchev–Trinajstić information content (AvgIpc) is 2.74. The summed E-state index contributed by atoms with van der Waals surface area (Å²) >= 11 is 7.11. The van der Waals surface area contributed by atoms with E-state index in [1.807, 2.05) is 0 Å². The number of fused-ring (bicyclic) bond motifs is 1. The van der Waals surface area contributed by atoms with Gasteiger partial charge in [-0.25, -0.2) is 9.37 Å². The average molecular weight is 282 g/mol. The van der Waals surface area contributed by atoms with Gasteiger partial charge in [-0.1, -0.05) is 11.6 Å². The first-order chi connectivity index (χ1) is 8.65. The highest BCUT2D eigenvalue weighted by molar-refractivity contribution is 7.15. The number of nitrogens with zero attached hydrogens (tertiary/aromatic N) is 1. The fourth-order valence-corrected chi connectivity index (χ4v) is 3.35. The van der Waals surface area contributed by atoms with Crippen LogP contribution in [0.3, 0.4) is 0 Å². The quantitative estimate of drug-likeness (QED) is 0.787. The van der Waals surface area contributed by atoms with Crippen LogP contribution in [-0.4, -0.2) is 10.8 Å². The van der Waals surface area contributed by atoms with Crippen LogP contribution in [0.4, 0.5) is 4.39 Å². The number of aromatic nitrogens is 1. The predicted octanol–water partition coefficient (Wildman–Crippen LogP) is 4.12. The van der Waals surface area contributed by atoms with E-state index in [1.54, 1.807) is 12.1 Å². The van der Waals surface area contributed by atoms with Gasteiger partial charge in [-0.2, -0.15) is 0 Å². The molecular formula is C13H9ClFNOS. The molecule has 1 aliphatic rings. The molecule has 0 saturated heterocycles. The number of halogens is 2. The largest absolute Gasteiger partial charge is 0.292 e. The van der Waals surface area contributed by atoms with Crippen LogP contribution in [0, 0.1) is 5.82 Å². The van der Waals surface area contributed by atoms with Crippen LogP contribution in [0.2, 0.25) is 5.02 Å². The van der Waals surface area contributed by atoms with E-state index in [0.717, 1.165) is 17.7 Å². The molecule has 5 heteroatoms. The van der Waals surface area contributed by atoms with Gasteiger partial charge >= 0.3 is 0 Å². The summed E-state index contributed by atoms with van der Waals surface area (Å²) in [6, 6.07) is 4.49. The Balaban J connectivity index is 2.10. The van der Waals surface area contributed by atoms with Crippen LogP contribution in [-0.2, 0) is 6.42 Å². The van der Waals surface area contributed by atoms with Gasteiger partial charge in [-0.05, 0) is 31.0 Å². The van der Waals surface area contributed by atoms with E-state index in [9.17, 15) is 9.18 Å². The predicted molar refractivity (Wildman–Crippen MR) is 69.8 cm³/mol. The molecule has 0 spiro atoms. The van der Waals surface area contributed by atoms with E-state index < -0.39 is 5.82 Å². The molecule has 0 saturated carbocycles. The molecular weight excluding hydrogens is 273 g/mol. The maximum Gasteiger partial charge on any atom is 0.182 e. The maximum atomic E-state index is 13.8. The number of carbonyl (C=O) groups is 1. The Morgan fingerprint density at radius 1 is 1.33 bits per heavy atom. The van der Waals surface area contributed by atoms with E-state index in [2.05, 4.69) is 4.98 Å². The molecule has 3 rings (SSSR count). The second kappa shape index (κ2) is 4.44. The number of hydrogen-bond acceptors (Lipinski definition) is 3. The number of ketones is 1. The van der Waals surface area contributed by atoms with Gasteiger partial charge in [0.25, 0.3) is 0 Å². The lowest BCUT2D eigenvalue weighted by Crippen LogP contribution is -2.08. The lowest BCUT2D eigenvalue weighted by molar-refractivity contribution is 0.0968. The number of benzene rings is 1. The van der Waals surface area contributed by atoms with Crippen molar-refractivity contribution in [2.45, 2.75) is 19.3 Å². The van der Waals surface area contributed by atoms with E-state index >= 15 is 0 Å². The van der Waals surface area contributed by atoms with Gasteiger partial charge in [0.2, 0.25) is 0 Å². The molecule has 0 aliphatic heterocycles. The molecule has 2 nitrogen and oxygen atoms in total. The molecule has 0 fully saturated rings. The Morgan fingerprint density at radius 3 is 2.89 bits per heavy atom. The molecule has 2 aromatic rings. The second-order valence-corrected chi connectivity index (χ2v) is 5.71. The summed E-state index contributed by atoms with van der Waals surface area (Å²) < 4.78 is 13.8. The standard InChI is InChI=1S/C13H9ClFNOS/c14-7-4-5-8(9(15)6-7)13-16-12-10(17)2-1-3-11(12)18-13/h4-6H,1-3H2. The highest BCUT2D eigenvalue weighted by Crippen LogP contribution is 2.34. The fraction of sp³-hybridized carbons (Fsp3) is 0.231. The highest BCUT2D eigenvalue weighted by atomic mass is 35.5. The molecule has 0 bridgehead atoms. The number of hydrogen-bond donors (Lipinski definition) is 0. The van der Waals surface area contributed by atoms with Gasteiger partial charge in [0, 0.05) is 21.9 Å². The number of Topliss-reactive ketones (excluding diaryl/α,β-unsaturated/α-hetero) is 1. The minimum atomic E-state index is -0.402. The van der Waals surface area contributed by atoms with Gasteiger partial charge in [-0.3, -0.25) is 4.79 Å². The molecule has 92 valence electrons. The molecule has 0 atom stereocenters. The van der Waals surface area contributed by atoms with E-state index in [-0.39, 0.29) is 5.78 Å². The summed E-state index contributed by atoms with van der Waals surface area (Å²) in [5, 5.41) is 0.915. The summed E-state index contributed by atoms with van der Waals surface area (Å²) in [5.74, 6) is -0.339. The zero-order chi connectivity index (χ0) is 12.7. The van der Waals surface area contributed by atoms with Crippen molar-refractivity contribution >= 4 is 28.7 Å². The Morgan fingerprint density at radius 2 is 2.17 bits per heavy atom. The topological polar surface area (TPSA) is 30.0 Å². The van der Waals surface area contributed by atoms with E-state index in [0.29, 0.717) is 27.7 Å². The lowest BCUT2D eigenvalue weighted by Gasteiger charge is -2.06. The van der Waals surface area contributed by atoms with Crippen LogP contribution in [0.1, 0.15) is 28.2 Å². The first-order valence-electron chi connectivity index (χ1n) is 5.63. The Bertz CT molecular complexity index is 638. The third-order valence-corrected chi connectivity index (χ3v) is 4.31.